The first-order valence-electron chi connectivity index (χ1n) is 39.7. The summed E-state index contributed by atoms with van der Waals surface area (Å²) in [5, 5.41) is 28.0. The number of aromatic amines is 3. The number of halogens is 9. The normalized spacial score (nSPS) is 10.6. The molecule has 36 heteroatoms. The van der Waals surface area contributed by atoms with Crippen LogP contribution >= 0.6 is 43.5 Å². The molecule has 22 aromatic rings. The van der Waals surface area contributed by atoms with Gasteiger partial charge in [0.25, 0.3) is 17.1 Å². The molecule has 9 aromatic heterocycles. The van der Waals surface area contributed by atoms with Crippen molar-refractivity contribution in [2.24, 2.45) is 0 Å². The maximum Gasteiger partial charge on any atom is 0.492 e. The molecule has 0 radical (unpaired) electrons. The summed E-state index contributed by atoms with van der Waals surface area (Å²) in [7, 11) is 3.23. The van der Waals surface area contributed by atoms with E-state index in [-0.39, 0.29) is 40.8 Å². The van der Waals surface area contributed by atoms with E-state index in [1.165, 1.54) is 94.3 Å². The fraction of sp³-hybridized carbons (Fsp3) is 0.0306. The van der Waals surface area contributed by atoms with Crippen molar-refractivity contribution in [3.63, 3.8) is 0 Å². The molecule has 26 nitrogen and oxygen atoms in total. The average molecular weight is 1960 g/mol. The van der Waals surface area contributed by atoms with E-state index >= 15 is 0 Å². The van der Waals surface area contributed by atoms with Crippen molar-refractivity contribution in [3.05, 3.63) is 360 Å². The smallest absolute Gasteiger partial charge is 0.492 e. The van der Waals surface area contributed by atoms with Gasteiger partial charge < -0.3 is 74.1 Å². The molecule has 0 saturated carbocycles. The lowest BCUT2D eigenvalue weighted by Crippen LogP contribution is -2.28. The predicted molar refractivity (Wildman–Crippen MR) is 510 cm³/mol. The molecule has 0 atom stereocenters. The number of ether oxygens (including phenoxy) is 3. The van der Waals surface area contributed by atoms with E-state index in [9.17, 15) is 40.7 Å². The second-order valence-corrected chi connectivity index (χ2v) is 29.9. The number of nitrogens with one attached hydrogen (secondary N) is 3. The van der Waals surface area contributed by atoms with Crippen LogP contribution in [-0.4, -0.2) is 105 Å². The summed E-state index contributed by atoms with van der Waals surface area (Å²) in [6.45, 7) is 0. The molecule has 670 valence electrons. The summed E-state index contributed by atoms with van der Waals surface area (Å²) in [5.41, 5.74) is 29.5. The van der Waals surface area contributed by atoms with Gasteiger partial charge in [-0.25, -0.2) is 51.3 Å². The van der Waals surface area contributed by atoms with Crippen molar-refractivity contribution in [3.8, 4) is 56.4 Å². The molecule has 22 rings (SSSR count). The highest BCUT2D eigenvalue weighted by molar-refractivity contribution is 9.12. The Morgan fingerprint density at radius 1 is 0.410 bits per heavy atom. The van der Waals surface area contributed by atoms with Crippen molar-refractivity contribution in [2.75, 3.05) is 38.5 Å². The van der Waals surface area contributed by atoms with E-state index in [4.69, 9.17) is 76.0 Å². The number of methoxy groups -OCH3 is 3. The van der Waals surface area contributed by atoms with E-state index in [2.05, 4.69) is 71.7 Å². The molecule has 13 aromatic carbocycles. The molecule has 0 saturated heterocycles. The Hall–Kier alpha value is -16.5. The summed E-state index contributed by atoms with van der Waals surface area (Å²) in [5.74, 6) is 1.17. The van der Waals surface area contributed by atoms with Gasteiger partial charge in [-0.2, -0.15) is 5.26 Å². The van der Waals surface area contributed by atoms with Crippen LogP contribution in [-0.2, 0) is 0 Å². The number of nitriles is 1. The fourth-order valence-corrected chi connectivity index (χ4v) is 14.1. The van der Waals surface area contributed by atoms with Gasteiger partial charge in [0.05, 0.1) is 111 Å². The van der Waals surface area contributed by atoms with E-state index < -0.39 is 24.0 Å². The van der Waals surface area contributed by atoms with Gasteiger partial charge in [-0.05, 0) is 222 Å². The number of imidazole rings is 5. The first-order valence-corrected chi connectivity index (χ1v) is 41.7. The number of furan rings is 4. The molecule has 0 fully saturated rings. The number of nitrogen functional groups attached to an aromatic ring is 3. The van der Waals surface area contributed by atoms with Crippen molar-refractivity contribution in [1.29, 1.82) is 5.26 Å². The summed E-state index contributed by atoms with van der Waals surface area (Å²) in [6, 6.07) is 75.7. The third kappa shape index (κ3) is 22.1. The van der Waals surface area contributed by atoms with Gasteiger partial charge in [0, 0.05) is 71.8 Å². The largest absolute Gasteiger partial charge is 0.497 e. The Morgan fingerprint density at radius 2 is 0.784 bits per heavy atom. The number of nitrogens with zero attached hydrogens (tertiary/aromatic N) is 8. The van der Waals surface area contributed by atoms with Crippen LogP contribution in [0, 0.1) is 45.1 Å². The molecule has 134 heavy (non-hydrogen) atoms. The van der Waals surface area contributed by atoms with Crippen molar-refractivity contribution >= 4 is 189 Å². The first kappa shape index (κ1) is 93.6. The molecule has 0 bridgehead atoms. The second-order valence-electron chi connectivity index (χ2n) is 28.5. The molecule has 0 unspecified atom stereocenters. The van der Waals surface area contributed by atoms with E-state index in [1.807, 2.05) is 84.9 Å². The molecular weight excluding hydrogens is 1890 g/mol. The highest BCUT2D eigenvalue weighted by Crippen LogP contribution is 2.37. The number of H-pyrrole nitrogens is 3. The van der Waals surface area contributed by atoms with Gasteiger partial charge >= 0.3 is 7.12 Å². The van der Waals surface area contributed by atoms with Crippen LogP contribution in [0.5, 0.6) is 17.2 Å². The fourth-order valence-electron chi connectivity index (χ4n) is 13.6. The maximum absolute atomic E-state index is 14.0. The zero-order valence-corrected chi connectivity index (χ0v) is 74.1. The van der Waals surface area contributed by atoms with Crippen LogP contribution in [0.4, 0.5) is 43.7 Å². The number of benzene rings is 13. The van der Waals surface area contributed by atoms with Gasteiger partial charge in [-0.15, -0.1) is 0 Å². The highest BCUT2D eigenvalue weighted by Gasteiger charge is 2.26. The van der Waals surface area contributed by atoms with E-state index in [0.29, 0.717) is 145 Å². The first-order chi connectivity index (χ1) is 64.8. The number of nitrogens with two attached hydrogens (primary N) is 3. The Bertz CT molecular complexity index is 7850. The molecule has 0 amide bonds. The number of hydrogen-bond donors (Lipinski definition) is 8. The van der Waals surface area contributed by atoms with Gasteiger partial charge in [0.1, 0.15) is 104 Å². The van der Waals surface area contributed by atoms with Gasteiger partial charge in [-0.1, -0.05) is 72.8 Å². The molecule has 0 spiro atoms. The van der Waals surface area contributed by atoms with Crippen molar-refractivity contribution in [1.82, 2.24) is 49.0 Å². The average Bonchev–Trinajstić information content (AvgIpc) is 1.61. The van der Waals surface area contributed by atoms with Gasteiger partial charge in [-0.3, -0.25) is 23.5 Å². The van der Waals surface area contributed by atoms with Crippen LogP contribution in [0.15, 0.2) is 327 Å². The van der Waals surface area contributed by atoms with Crippen LogP contribution in [0.1, 0.15) is 31.1 Å². The van der Waals surface area contributed by atoms with Gasteiger partial charge in [0.15, 0.2) is 22.3 Å². The lowest BCUT2D eigenvalue weighted by Gasteiger charge is -2.08. The monoisotopic (exact) mass is 1950 g/mol. The number of anilines is 3. The Kier molecular flexibility index (Phi) is 29.9. The third-order valence-corrected chi connectivity index (χ3v) is 20.6. The standard InChI is InChI=1S/2C23H15FN2O3.C15H9FN2O.C8H7BO3.C8H7ClO2.C7H4BrFN2.C7H6FN3.C6H7FN2.CBrN/c1-28-16-9-6-14(7-10-16)23(27)26-20-11-8-15(24)12-19(20)25-22(26)18-13-29-21-5-3-2-4-17(18)21;1-28-16-9-6-14(7-10-16)23(27)26-20-12-15(24)8-11-19(20)25-22(26)18-13-29-21-5-3-2-4-17(18)21;16-9-5-6-12-13(7-9)18-15(17-12)11-8-19-14-4-2-1-3-10(11)14;10-9(11)7-5-12-8-4-2-1-3-6(7)8;1-11-7-4-2-6(3-5-7)8(9)10;8-7-10-5-2-1-4(9)3-6(5)11-7;8-4-1-2-5-6(3-4)11-7(9)10-5;7-4-1-2-5(8)6(9)3-4;2-1-3/h2*2-13H,1H3;1-8H,(H,17,18);1-5,10-11H;2-5H,1H3;1-3H,(H,10,11);1-3H,(H3,9,10,11);1-3H,8-9H2;. The van der Waals surface area contributed by atoms with Crippen LogP contribution in [0.25, 0.3) is 133 Å². The summed E-state index contributed by atoms with van der Waals surface area (Å²) in [4.78, 5) is 69.3. The minimum atomic E-state index is -1.46. The van der Waals surface area contributed by atoms with Crippen LogP contribution < -0.4 is 36.9 Å². The predicted octanol–water partition coefficient (Wildman–Crippen LogP) is 22.5. The number of fused-ring (bicyclic) bond motifs is 9. The highest BCUT2D eigenvalue weighted by atomic mass is 79.9. The van der Waals surface area contributed by atoms with Crippen LogP contribution in [0.2, 0.25) is 0 Å². The molecule has 0 aliphatic heterocycles. The Morgan fingerprint density at radius 3 is 1.26 bits per heavy atom. The SMILES string of the molecule is COc1ccc(C(=O)Cl)cc1.COc1ccc(C(=O)n2c(-c3coc4ccccc34)nc3cc(F)ccc32)cc1.COc1ccc(C(=O)n2c(-c3coc4ccccc34)nc3ccc(F)cc32)cc1.Fc1ccc2nc(-c3coc4ccccc34)[nH]c2c1.Fc1ccc2nc(Br)[nH]c2c1.N#CBr.Nc1ccc(F)cc1N.Nc1nc2ccc(F)cc2[nH]1.OB(O)c1coc2ccccc12. The Balaban J connectivity index is 0.000000127. The van der Waals surface area contributed by atoms with E-state index in [0.717, 1.165) is 43.7 Å². The second kappa shape index (κ2) is 42.8. The number of hydrogen-bond acceptors (Lipinski definition) is 21. The number of carbonyl (C=O) groups excluding carboxylic acids is 3. The molecule has 0 aliphatic rings. The summed E-state index contributed by atoms with van der Waals surface area (Å²) in [6.07, 6.45) is 6.16. The number of para-hydroxylation sites is 4. The quantitative estimate of drug-likeness (QED) is 0.0273. The maximum atomic E-state index is 14.0. The number of carbonyl (C=O) groups is 3. The molecular formula is C98H70BBr2ClF6N14O12. The van der Waals surface area contributed by atoms with E-state index in [1.54, 1.807) is 160 Å². The lowest BCUT2D eigenvalue weighted by atomic mass is 9.80. The topological polar surface area (TPSA) is 395 Å². The minimum absolute atomic E-state index is 0.256. The molecule has 0 aliphatic carbocycles. The van der Waals surface area contributed by atoms with Crippen LogP contribution in [0.3, 0.4) is 0 Å². The number of aromatic nitrogens is 10. The van der Waals surface area contributed by atoms with Crippen molar-refractivity contribution < 1.29 is 82.7 Å². The molecule has 11 N–H and O–H groups in total. The zero-order chi connectivity index (χ0) is 94.8. The van der Waals surface area contributed by atoms with Gasteiger partial charge in [0.2, 0.25) is 0 Å². The summed E-state index contributed by atoms with van der Waals surface area (Å²) >= 11 is 10.8. The third-order valence-electron chi connectivity index (χ3n) is 20.0. The minimum Gasteiger partial charge on any atom is -0.497 e. The zero-order valence-electron chi connectivity index (χ0n) is 70.1. The summed E-state index contributed by atoms with van der Waals surface area (Å²) < 4.78 is 119. The lowest BCUT2D eigenvalue weighted by molar-refractivity contribution is 0.0958. The Labute approximate surface area is 776 Å². The number of rotatable bonds is 10. The molecule has 9 heterocycles. The van der Waals surface area contributed by atoms with Crippen molar-refractivity contribution in [2.45, 2.75) is 0 Å².